The molecule has 3 atom stereocenters. The van der Waals surface area contributed by atoms with Crippen molar-refractivity contribution in [2.75, 3.05) is 6.54 Å². The SMILES string of the molecule is CC1CC(C)CC(NC(=O)C2CCCN2)C1.Cl. The van der Waals surface area contributed by atoms with Crippen LogP contribution in [0.5, 0.6) is 0 Å². The fourth-order valence-corrected chi connectivity index (χ4v) is 3.27. The summed E-state index contributed by atoms with van der Waals surface area (Å²) >= 11 is 0. The van der Waals surface area contributed by atoms with E-state index in [0.29, 0.717) is 6.04 Å². The van der Waals surface area contributed by atoms with E-state index in [1.54, 1.807) is 0 Å². The van der Waals surface area contributed by atoms with Crippen LogP contribution >= 0.6 is 12.4 Å². The third kappa shape index (κ3) is 4.14. The molecule has 1 amide bonds. The summed E-state index contributed by atoms with van der Waals surface area (Å²) in [5.41, 5.74) is 0. The summed E-state index contributed by atoms with van der Waals surface area (Å²) in [6, 6.07) is 0.487. The first-order chi connectivity index (χ1) is 7.65. The van der Waals surface area contributed by atoms with Crippen molar-refractivity contribution in [3.8, 4) is 0 Å². The van der Waals surface area contributed by atoms with E-state index in [9.17, 15) is 4.79 Å². The van der Waals surface area contributed by atoms with Crippen molar-refractivity contribution in [2.24, 2.45) is 11.8 Å². The van der Waals surface area contributed by atoms with Gasteiger partial charge in [-0.05, 0) is 50.5 Å². The lowest BCUT2D eigenvalue weighted by atomic mass is 9.80. The summed E-state index contributed by atoms with van der Waals surface area (Å²) in [6.45, 7) is 5.58. The van der Waals surface area contributed by atoms with Gasteiger partial charge in [-0.25, -0.2) is 0 Å². The molecule has 1 aliphatic carbocycles. The zero-order valence-corrected chi connectivity index (χ0v) is 11.7. The standard InChI is InChI=1S/C13H24N2O.ClH/c1-9-6-10(2)8-11(7-9)15-13(16)12-4-3-5-14-12;/h9-12,14H,3-8H2,1-2H3,(H,15,16);1H. The van der Waals surface area contributed by atoms with Crippen LogP contribution < -0.4 is 10.6 Å². The summed E-state index contributed by atoms with van der Waals surface area (Å²) in [5.74, 6) is 1.74. The van der Waals surface area contributed by atoms with Gasteiger partial charge >= 0.3 is 0 Å². The Morgan fingerprint density at radius 1 is 1.18 bits per heavy atom. The Bertz CT molecular complexity index is 244. The Morgan fingerprint density at radius 3 is 2.35 bits per heavy atom. The first kappa shape index (κ1) is 14.8. The average Bonchev–Trinajstić information content (AvgIpc) is 2.68. The third-order valence-electron chi connectivity index (χ3n) is 3.90. The van der Waals surface area contributed by atoms with Crippen molar-refractivity contribution in [3.05, 3.63) is 0 Å². The highest BCUT2D eigenvalue weighted by molar-refractivity contribution is 5.85. The van der Waals surface area contributed by atoms with Crippen molar-refractivity contribution in [2.45, 2.75) is 58.0 Å². The van der Waals surface area contributed by atoms with Gasteiger partial charge in [-0.3, -0.25) is 4.79 Å². The zero-order valence-electron chi connectivity index (χ0n) is 10.9. The van der Waals surface area contributed by atoms with Gasteiger partial charge in [-0.2, -0.15) is 0 Å². The van der Waals surface area contributed by atoms with E-state index < -0.39 is 0 Å². The summed E-state index contributed by atoms with van der Waals surface area (Å²) in [5, 5.41) is 6.48. The highest BCUT2D eigenvalue weighted by Crippen LogP contribution is 2.28. The molecule has 1 aliphatic heterocycles. The number of nitrogens with one attached hydrogen (secondary N) is 2. The van der Waals surface area contributed by atoms with Gasteiger partial charge in [0.05, 0.1) is 6.04 Å². The molecular weight excluding hydrogens is 236 g/mol. The van der Waals surface area contributed by atoms with Crippen molar-refractivity contribution in [1.82, 2.24) is 10.6 Å². The summed E-state index contributed by atoms with van der Waals surface area (Å²) in [4.78, 5) is 12.0. The highest BCUT2D eigenvalue weighted by atomic mass is 35.5. The number of halogens is 1. The van der Waals surface area contributed by atoms with Gasteiger partial charge in [0.25, 0.3) is 0 Å². The van der Waals surface area contributed by atoms with Gasteiger partial charge in [0, 0.05) is 6.04 Å². The van der Waals surface area contributed by atoms with Crippen molar-refractivity contribution >= 4 is 18.3 Å². The van der Waals surface area contributed by atoms with Crippen LogP contribution in [0, 0.1) is 11.8 Å². The smallest absolute Gasteiger partial charge is 0.237 e. The number of hydrogen-bond acceptors (Lipinski definition) is 2. The Labute approximate surface area is 111 Å². The van der Waals surface area contributed by atoms with E-state index in [0.717, 1.165) is 44.1 Å². The second-order valence-corrected chi connectivity index (χ2v) is 5.77. The molecule has 2 fully saturated rings. The zero-order chi connectivity index (χ0) is 11.5. The molecule has 0 aromatic rings. The lowest BCUT2D eigenvalue weighted by molar-refractivity contribution is -0.123. The van der Waals surface area contributed by atoms with Crippen LogP contribution in [0.25, 0.3) is 0 Å². The number of amides is 1. The minimum absolute atomic E-state index is 0. The fourth-order valence-electron chi connectivity index (χ4n) is 3.27. The van der Waals surface area contributed by atoms with Crippen molar-refractivity contribution < 1.29 is 4.79 Å². The minimum atomic E-state index is 0. The average molecular weight is 261 g/mol. The largest absolute Gasteiger partial charge is 0.352 e. The molecular formula is C13H25ClN2O. The minimum Gasteiger partial charge on any atom is -0.352 e. The molecule has 3 unspecified atom stereocenters. The van der Waals surface area contributed by atoms with E-state index in [1.807, 2.05) is 0 Å². The number of carbonyl (C=O) groups is 1. The molecule has 4 heteroatoms. The van der Waals surface area contributed by atoms with Gasteiger partial charge < -0.3 is 10.6 Å². The van der Waals surface area contributed by atoms with Gasteiger partial charge in [0.15, 0.2) is 0 Å². The van der Waals surface area contributed by atoms with E-state index in [-0.39, 0.29) is 24.4 Å². The van der Waals surface area contributed by atoms with Gasteiger partial charge in [-0.1, -0.05) is 13.8 Å². The summed E-state index contributed by atoms with van der Waals surface area (Å²) in [6.07, 6.45) is 5.76. The molecule has 1 saturated carbocycles. The molecule has 0 aromatic heterocycles. The molecule has 1 saturated heterocycles. The Kier molecular flexibility index (Phi) is 5.74. The van der Waals surface area contributed by atoms with Crippen LogP contribution in [0.15, 0.2) is 0 Å². The van der Waals surface area contributed by atoms with Gasteiger partial charge in [0.2, 0.25) is 5.91 Å². The first-order valence-corrected chi connectivity index (χ1v) is 6.69. The predicted octanol–water partition coefficient (Wildman–Crippen LogP) is 2.10. The quantitative estimate of drug-likeness (QED) is 0.799. The molecule has 2 rings (SSSR count). The third-order valence-corrected chi connectivity index (χ3v) is 3.90. The number of carbonyl (C=O) groups excluding carboxylic acids is 1. The Morgan fingerprint density at radius 2 is 1.82 bits per heavy atom. The van der Waals surface area contributed by atoms with Crippen LogP contribution in [0.4, 0.5) is 0 Å². The van der Waals surface area contributed by atoms with E-state index in [2.05, 4.69) is 24.5 Å². The molecule has 100 valence electrons. The van der Waals surface area contributed by atoms with E-state index >= 15 is 0 Å². The normalized spacial score (nSPS) is 37.3. The molecule has 0 spiro atoms. The molecule has 0 radical (unpaired) electrons. The number of rotatable bonds is 2. The maximum atomic E-state index is 12.0. The molecule has 2 N–H and O–H groups in total. The summed E-state index contributed by atoms with van der Waals surface area (Å²) < 4.78 is 0. The van der Waals surface area contributed by atoms with Crippen LogP contribution in [0.3, 0.4) is 0 Å². The molecule has 3 nitrogen and oxygen atoms in total. The van der Waals surface area contributed by atoms with Gasteiger partial charge in [-0.15, -0.1) is 12.4 Å². The topological polar surface area (TPSA) is 41.1 Å². The van der Waals surface area contributed by atoms with Crippen molar-refractivity contribution in [1.29, 1.82) is 0 Å². The van der Waals surface area contributed by atoms with Crippen LogP contribution in [0.1, 0.15) is 46.0 Å². The maximum Gasteiger partial charge on any atom is 0.237 e. The van der Waals surface area contributed by atoms with Crippen molar-refractivity contribution in [3.63, 3.8) is 0 Å². The number of hydrogen-bond donors (Lipinski definition) is 2. The molecule has 2 aliphatic rings. The molecule has 17 heavy (non-hydrogen) atoms. The van der Waals surface area contributed by atoms with E-state index in [1.165, 1.54) is 6.42 Å². The predicted molar refractivity (Wildman–Crippen MR) is 72.4 cm³/mol. The van der Waals surface area contributed by atoms with Crippen LogP contribution in [0.2, 0.25) is 0 Å². The molecule has 0 aromatic carbocycles. The molecule has 0 bridgehead atoms. The van der Waals surface area contributed by atoms with Gasteiger partial charge in [0.1, 0.15) is 0 Å². The monoisotopic (exact) mass is 260 g/mol. The second-order valence-electron chi connectivity index (χ2n) is 5.77. The highest BCUT2D eigenvalue weighted by Gasteiger charge is 2.28. The Hall–Kier alpha value is -0.280. The van der Waals surface area contributed by atoms with Crippen LogP contribution in [-0.4, -0.2) is 24.5 Å². The Balaban J connectivity index is 0.00000144. The maximum absolute atomic E-state index is 12.0. The van der Waals surface area contributed by atoms with Crippen LogP contribution in [-0.2, 0) is 4.79 Å². The summed E-state index contributed by atoms with van der Waals surface area (Å²) in [7, 11) is 0. The lowest BCUT2D eigenvalue weighted by Gasteiger charge is -2.32. The first-order valence-electron chi connectivity index (χ1n) is 6.69. The fraction of sp³-hybridized carbons (Fsp3) is 0.923. The second kappa shape index (κ2) is 6.60. The molecule has 1 heterocycles. The van der Waals surface area contributed by atoms with E-state index in [4.69, 9.17) is 0 Å². The lowest BCUT2D eigenvalue weighted by Crippen LogP contribution is -2.47.